The summed E-state index contributed by atoms with van der Waals surface area (Å²) in [6.07, 6.45) is 0.931. The van der Waals surface area contributed by atoms with Crippen LogP contribution in [-0.2, 0) is 17.8 Å². The molecule has 0 spiro atoms. The van der Waals surface area contributed by atoms with Crippen molar-refractivity contribution in [2.45, 2.75) is 19.9 Å². The number of aromatic amines is 1. The van der Waals surface area contributed by atoms with E-state index in [-0.39, 0.29) is 17.0 Å². The maximum absolute atomic E-state index is 12.9. The van der Waals surface area contributed by atoms with Gasteiger partial charge in [0.25, 0.3) is 5.56 Å². The quantitative estimate of drug-likeness (QED) is 0.354. The highest BCUT2D eigenvalue weighted by molar-refractivity contribution is 6.02. The fourth-order valence-corrected chi connectivity index (χ4v) is 4.90. The highest BCUT2D eigenvalue weighted by Gasteiger charge is 2.20. The van der Waals surface area contributed by atoms with E-state index in [0.29, 0.717) is 47.1 Å². The molecule has 0 aliphatic carbocycles. The zero-order valence-electron chi connectivity index (χ0n) is 20.4. The maximum Gasteiger partial charge on any atom is 0.294 e. The number of carbonyl (C=O) groups is 1. The van der Waals surface area contributed by atoms with Gasteiger partial charge in [-0.1, -0.05) is 36.4 Å². The van der Waals surface area contributed by atoms with Crippen LogP contribution < -0.4 is 15.6 Å². The molecule has 37 heavy (non-hydrogen) atoms. The van der Waals surface area contributed by atoms with Gasteiger partial charge in [-0.2, -0.15) is 0 Å². The Labute approximate surface area is 212 Å². The van der Waals surface area contributed by atoms with Crippen LogP contribution in [0.3, 0.4) is 0 Å². The zero-order valence-corrected chi connectivity index (χ0v) is 20.4. The lowest BCUT2D eigenvalue weighted by Crippen LogP contribution is -2.37. The first-order valence-corrected chi connectivity index (χ1v) is 12.4. The summed E-state index contributed by atoms with van der Waals surface area (Å²) in [4.78, 5) is 35.5. The third-order valence-electron chi connectivity index (χ3n) is 6.63. The van der Waals surface area contributed by atoms with Gasteiger partial charge >= 0.3 is 0 Å². The molecule has 2 aromatic heterocycles. The number of aromatic nitrogens is 2. The number of hydrogen-bond acceptors (Lipinski definition) is 6. The van der Waals surface area contributed by atoms with Crippen molar-refractivity contribution in [2.75, 3.05) is 25.0 Å². The summed E-state index contributed by atoms with van der Waals surface area (Å²) in [5.41, 5.74) is 4.67. The molecular weight excluding hydrogens is 468 g/mol. The zero-order chi connectivity index (χ0) is 25.4. The van der Waals surface area contributed by atoms with Crippen LogP contribution in [0.25, 0.3) is 33.5 Å². The first kappa shape index (κ1) is 23.0. The van der Waals surface area contributed by atoms with Crippen molar-refractivity contribution in [2.24, 2.45) is 0 Å². The number of anilines is 1. The van der Waals surface area contributed by atoms with Crippen LogP contribution in [0.4, 0.5) is 5.69 Å². The number of rotatable bonds is 6. The summed E-state index contributed by atoms with van der Waals surface area (Å²) in [5.74, 6) is 0.798. The van der Waals surface area contributed by atoms with Gasteiger partial charge in [0.1, 0.15) is 22.7 Å². The minimum absolute atomic E-state index is 0.104. The molecule has 0 radical (unpaired) electrons. The lowest BCUT2D eigenvalue weighted by atomic mass is 10.00. The Morgan fingerprint density at radius 3 is 2.78 bits per heavy atom. The van der Waals surface area contributed by atoms with E-state index in [0.717, 1.165) is 24.9 Å². The second-order valence-electron chi connectivity index (χ2n) is 9.11. The van der Waals surface area contributed by atoms with Crippen LogP contribution in [0.2, 0.25) is 0 Å². The van der Waals surface area contributed by atoms with Crippen LogP contribution in [0.15, 0.2) is 75.9 Å². The molecule has 8 heteroatoms. The summed E-state index contributed by atoms with van der Waals surface area (Å²) in [5, 5.41) is 3.75. The molecular formula is C29H26N4O4. The number of amides is 1. The van der Waals surface area contributed by atoms with Gasteiger partial charge in [0, 0.05) is 24.2 Å². The summed E-state index contributed by atoms with van der Waals surface area (Å²) >= 11 is 0. The van der Waals surface area contributed by atoms with Crippen LogP contribution in [0.5, 0.6) is 5.75 Å². The number of furan rings is 1. The van der Waals surface area contributed by atoms with E-state index in [1.54, 1.807) is 24.3 Å². The summed E-state index contributed by atoms with van der Waals surface area (Å²) in [6.45, 7) is 4.21. The molecule has 0 atom stereocenters. The number of nitrogens with zero attached hydrogens (tertiary/aromatic N) is 2. The van der Waals surface area contributed by atoms with Crippen molar-refractivity contribution in [1.29, 1.82) is 0 Å². The number of carbonyl (C=O) groups excluding carboxylic acids is 1. The Morgan fingerprint density at radius 2 is 1.92 bits per heavy atom. The van der Waals surface area contributed by atoms with Crippen LogP contribution in [-0.4, -0.2) is 40.5 Å². The van der Waals surface area contributed by atoms with Crippen LogP contribution in [0.1, 0.15) is 18.1 Å². The molecule has 5 aromatic rings. The number of fused-ring (bicyclic) bond motifs is 4. The van der Waals surface area contributed by atoms with E-state index < -0.39 is 0 Å². The molecule has 2 N–H and O–H groups in total. The van der Waals surface area contributed by atoms with Crippen LogP contribution >= 0.6 is 0 Å². The first-order valence-electron chi connectivity index (χ1n) is 12.4. The minimum Gasteiger partial charge on any atom is -0.493 e. The number of nitrogens with one attached hydrogen (secondary N) is 2. The second-order valence-corrected chi connectivity index (χ2v) is 9.11. The molecule has 0 bridgehead atoms. The van der Waals surface area contributed by atoms with E-state index in [1.165, 1.54) is 11.1 Å². The van der Waals surface area contributed by atoms with Crippen molar-refractivity contribution in [1.82, 2.24) is 14.9 Å². The molecule has 6 rings (SSSR count). The van der Waals surface area contributed by atoms with E-state index in [9.17, 15) is 9.59 Å². The predicted octanol–water partition coefficient (Wildman–Crippen LogP) is 4.73. The topological polar surface area (TPSA) is 100 Å². The van der Waals surface area contributed by atoms with Crippen molar-refractivity contribution in [3.8, 4) is 17.1 Å². The molecule has 8 nitrogen and oxygen atoms in total. The normalized spacial score (nSPS) is 13.5. The molecule has 0 saturated heterocycles. The molecule has 3 aromatic carbocycles. The highest BCUT2D eigenvalue weighted by atomic mass is 16.5. The third-order valence-corrected chi connectivity index (χ3v) is 6.63. The van der Waals surface area contributed by atoms with E-state index in [2.05, 4.69) is 33.4 Å². The van der Waals surface area contributed by atoms with Gasteiger partial charge in [0.05, 0.1) is 18.7 Å². The smallest absolute Gasteiger partial charge is 0.294 e. The van der Waals surface area contributed by atoms with Crippen LogP contribution in [0, 0.1) is 0 Å². The first-order chi connectivity index (χ1) is 18.1. The number of para-hydroxylation sites is 1. The van der Waals surface area contributed by atoms with Gasteiger partial charge in [-0.25, -0.2) is 4.98 Å². The monoisotopic (exact) mass is 494 g/mol. The van der Waals surface area contributed by atoms with E-state index in [4.69, 9.17) is 14.1 Å². The average Bonchev–Trinajstić information content (AvgIpc) is 3.29. The van der Waals surface area contributed by atoms with Gasteiger partial charge in [-0.3, -0.25) is 14.5 Å². The molecule has 0 fully saturated rings. The minimum atomic E-state index is -0.376. The molecule has 1 amide bonds. The van der Waals surface area contributed by atoms with Crippen molar-refractivity contribution < 1.29 is 13.9 Å². The fraction of sp³-hybridized carbons (Fsp3) is 0.207. The molecule has 186 valence electrons. The SMILES string of the molecule is CCOc1ccc(NC(=O)CN2CCc3ccccc3C2)cc1-c1nc2c(oc3ccccc32)c(=O)[nH]1. The number of hydrogen-bond donors (Lipinski definition) is 2. The summed E-state index contributed by atoms with van der Waals surface area (Å²) in [6, 6.07) is 21.1. The molecule has 0 unspecified atom stereocenters. The largest absolute Gasteiger partial charge is 0.493 e. The second kappa shape index (κ2) is 9.55. The van der Waals surface area contributed by atoms with Gasteiger partial charge in [-0.05, 0) is 54.8 Å². The molecule has 0 saturated carbocycles. The Balaban J connectivity index is 1.29. The lowest BCUT2D eigenvalue weighted by molar-refractivity contribution is -0.117. The Bertz CT molecular complexity index is 1690. The van der Waals surface area contributed by atoms with E-state index >= 15 is 0 Å². The maximum atomic E-state index is 12.9. The van der Waals surface area contributed by atoms with E-state index in [1.807, 2.05) is 31.2 Å². The Morgan fingerprint density at radius 1 is 1.11 bits per heavy atom. The summed E-state index contributed by atoms with van der Waals surface area (Å²) < 4.78 is 11.5. The van der Waals surface area contributed by atoms with Gasteiger partial charge in [0.15, 0.2) is 0 Å². The highest BCUT2D eigenvalue weighted by Crippen LogP contribution is 2.33. The molecule has 3 heterocycles. The fourth-order valence-electron chi connectivity index (χ4n) is 4.90. The number of benzene rings is 3. The summed E-state index contributed by atoms with van der Waals surface area (Å²) in [7, 11) is 0. The number of ether oxygens (including phenoxy) is 1. The number of H-pyrrole nitrogens is 1. The van der Waals surface area contributed by atoms with Crippen molar-refractivity contribution >= 4 is 33.7 Å². The Kier molecular flexibility index (Phi) is 5.94. The predicted molar refractivity (Wildman–Crippen MR) is 143 cm³/mol. The van der Waals surface area contributed by atoms with Gasteiger partial charge in [-0.15, -0.1) is 0 Å². The molecule has 1 aliphatic heterocycles. The Hall–Kier alpha value is -4.43. The standard InChI is InChI=1S/C29H26N4O4/c1-2-36-23-12-11-20(30-25(34)17-33-14-13-18-7-3-4-8-19(18)16-33)15-22(23)28-31-26-21-9-5-6-10-24(21)37-27(26)29(35)32-28/h3-12,15H,2,13-14,16-17H2,1H3,(H,30,34)(H,31,32,35). The van der Waals surface area contributed by atoms with Gasteiger partial charge < -0.3 is 19.5 Å². The van der Waals surface area contributed by atoms with Gasteiger partial charge in [0.2, 0.25) is 11.5 Å². The molecule has 1 aliphatic rings. The van der Waals surface area contributed by atoms with Crippen molar-refractivity contribution in [3.05, 3.63) is 88.2 Å². The third kappa shape index (κ3) is 4.47. The average molecular weight is 495 g/mol. The van der Waals surface area contributed by atoms with Crippen molar-refractivity contribution in [3.63, 3.8) is 0 Å². The lowest BCUT2D eigenvalue weighted by Gasteiger charge is -2.28.